The van der Waals surface area contributed by atoms with Crippen LogP contribution in [-0.2, 0) is 9.59 Å². The molecule has 1 aliphatic carbocycles. The topological polar surface area (TPSA) is 92.7 Å². The van der Waals surface area contributed by atoms with E-state index >= 15 is 4.39 Å². The van der Waals surface area contributed by atoms with Crippen molar-refractivity contribution in [3.63, 3.8) is 0 Å². The van der Waals surface area contributed by atoms with Crippen LogP contribution in [0.15, 0.2) is 77.9 Å². The highest BCUT2D eigenvalue weighted by Gasteiger charge is 2.56. The predicted molar refractivity (Wildman–Crippen MR) is 155 cm³/mol. The quantitative estimate of drug-likeness (QED) is 0.122. The van der Waals surface area contributed by atoms with Gasteiger partial charge in [-0.05, 0) is 93.2 Å². The van der Waals surface area contributed by atoms with E-state index in [0.717, 1.165) is 18.2 Å². The molecule has 1 saturated carbocycles. The van der Waals surface area contributed by atoms with Gasteiger partial charge in [0.2, 0.25) is 11.8 Å². The van der Waals surface area contributed by atoms with Crippen LogP contribution in [0.4, 0.5) is 28.9 Å². The standard InChI is InChI=1S/C32H24F4N4O3/c1-18-26(17-27(37-2)19-3-9-23(34)24(35)15-19)38-14-11-28(18)43-29-10-8-22(16-25(29)36)40-31(42)32(12-13-32)30(41)39-21-6-4-20(33)5-7-21/h3-11,14-17H,2,12-13H2,1H3,(H,39,41)(H,40,42)/b27-17-. The normalized spacial score (nSPS) is 13.7. The van der Waals surface area contributed by atoms with E-state index in [1.54, 1.807) is 6.92 Å². The highest BCUT2D eigenvalue weighted by Crippen LogP contribution is 2.47. The second-order valence-electron chi connectivity index (χ2n) is 9.88. The molecule has 218 valence electrons. The molecule has 11 heteroatoms. The smallest absolute Gasteiger partial charge is 0.240 e. The number of aromatic nitrogens is 1. The van der Waals surface area contributed by atoms with Crippen molar-refractivity contribution >= 4 is 41.7 Å². The molecule has 1 aromatic heterocycles. The molecule has 1 fully saturated rings. The highest BCUT2D eigenvalue weighted by atomic mass is 19.2. The molecule has 1 heterocycles. The monoisotopic (exact) mass is 588 g/mol. The summed E-state index contributed by atoms with van der Waals surface area (Å²) in [4.78, 5) is 33.9. The number of carbonyl (C=O) groups excluding carboxylic acids is 2. The molecule has 0 bridgehead atoms. The molecule has 5 rings (SSSR count). The molecule has 7 nitrogen and oxygen atoms in total. The van der Waals surface area contributed by atoms with Gasteiger partial charge in [0.15, 0.2) is 23.2 Å². The summed E-state index contributed by atoms with van der Waals surface area (Å²) in [6.07, 6.45) is 3.56. The van der Waals surface area contributed by atoms with Crippen molar-refractivity contribution in [2.24, 2.45) is 10.4 Å². The number of hydrogen-bond acceptors (Lipinski definition) is 5. The fourth-order valence-electron chi connectivity index (χ4n) is 4.29. The van der Waals surface area contributed by atoms with E-state index in [1.165, 1.54) is 60.8 Å². The van der Waals surface area contributed by atoms with E-state index in [2.05, 4.69) is 27.3 Å². The number of hydrogen-bond donors (Lipinski definition) is 2. The molecule has 2 amide bonds. The number of ether oxygens (including phenoxy) is 1. The average molecular weight is 589 g/mol. The van der Waals surface area contributed by atoms with Gasteiger partial charge in [-0.1, -0.05) is 0 Å². The zero-order valence-corrected chi connectivity index (χ0v) is 22.8. The summed E-state index contributed by atoms with van der Waals surface area (Å²) in [5.74, 6) is -4.26. The Balaban J connectivity index is 1.29. The minimum Gasteiger partial charge on any atom is -0.454 e. The highest BCUT2D eigenvalue weighted by molar-refractivity contribution is 6.16. The largest absolute Gasteiger partial charge is 0.454 e. The van der Waals surface area contributed by atoms with Crippen LogP contribution in [0, 0.1) is 35.6 Å². The van der Waals surface area contributed by atoms with Crippen molar-refractivity contribution in [3.8, 4) is 11.5 Å². The molecule has 0 radical (unpaired) electrons. The lowest BCUT2D eigenvalue weighted by molar-refractivity contribution is -0.131. The van der Waals surface area contributed by atoms with Crippen molar-refractivity contribution in [1.82, 2.24) is 4.98 Å². The molecular weight excluding hydrogens is 564 g/mol. The number of nitrogens with zero attached hydrogens (tertiary/aromatic N) is 2. The van der Waals surface area contributed by atoms with Crippen LogP contribution >= 0.6 is 0 Å². The maximum absolute atomic E-state index is 15.1. The van der Waals surface area contributed by atoms with Gasteiger partial charge in [0.25, 0.3) is 0 Å². The van der Waals surface area contributed by atoms with E-state index in [0.29, 0.717) is 29.8 Å². The van der Waals surface area contributed by atoms with Crippen molar-refractivity contribution < 1.29 is 31.9 Å². The van der Waals surface area contributed by atoms with Crippen molar-refractivity contribution in [2.75, 3.05) is 10.6 Å². The number of halogens is 4. The SMILES string of the molecule is C=N/C(=C\c1nccc(Oc2ccc(NC(=O)C3(C(=O)Nc4ccc(F)cc4)CC3)cc2F)c1C)c1ccc(F)c(F)c1. The molecule has 2 N–H and O–H groups in total. The third-order valence-corrected chi connectivity index (χ3v) is 6.98. The Morgan fingerprint density at radius 1 is 0.860 bits per heavy atom. The minimum absolute atomic E-state index is 0.124. The lowest BCUT2D eigenvalue weighted by Crippen LogP contribution is -2.35. The minimum atomic E-state index is -1.31. The number of nitrogens with one attached hydrogen (secondary N) is 2. The molecular formula is C32H24F4N4O3. The number of aliphatic imine (C=N–C) groups is 1. The Morgan fingerprint density at radius 3 is 2.16 bits per heavy atom. The lowest BCUT2D eigenvalue weighted by Gasteiger charge is -2.16. The Kier molecular flexibility index (Phi) is 8.07. The van der Waals surface area contributed by atoms with Crippen LogP contribution in [0.25, 0.3) is 11.8 Å². The number of amides is 2. The Hall–Kier alpha value is -5.32. The summed E-state index contributed by atoms with van der Waals surface area (Å²) >= 11 is 0. The number of pyridine rings is 1. The summed E-state index contributed by atoms with van der Waals surface area (Å²) in [6, 6.07) is 13.8. The number of rotatable bonds is 9. The van der Waals surface area contributed by atoms with Gasteiger partial charge in [0.05, 0.1) is 11.4 Å². The van der Waals surface area contributed by atoms with Crippen molar-refractivity contribution in [2.45, 2.75) is 19.8 Å². The molecule has 3 aromatic carbocycles. The summed E-state index contributed by atoms with van der Waals surface area (Å²) < 4.78 is 61.1. The number of anilines is 2. The van der Waals surface area contributed by atoms with E-state index in [4.69, 9.17) is 4.74 Å². The van der Waals surface area contributed by atoms with Crippen molar-refractivity contribution in [1.29, 1.82) is 0 Å². The molecule has 43 heavy (non-hydrogen) atoms. The van der Waals surface area contributed by atoms with Crippen LogP contribution in [0.5, 0.6) is 11.5 Å². The van der Waals surface area contributed by atoms with Crippen LogP contribution in [-0.4, -0.2) is 23.5 Å². The third-order valence-electron chi connectivity index (χ3n) is 6.98. The van der Waals surface area contributed by atoms with Crippen LogP contribution in [0.3, 0.4) is 0 Å². The molecule has 0 atom stereocenters. The first kappa shape index (κ1) is 29.2. The summed E-state index contributed by atoms with van der Waals surface area (Å²) in [5, 5.41) is 5.20. The zero-order chi connectivity index (χ0) is 30.7. The van der Waals surface area contributed by atoms with Crippen molar-refractivity contribution in [3.05, 3.63) is 113 Å². The second-order valence-corrected chi connectivity index (χ2v) is 9.88. The molecule has 0 spiro atoms. The third kappa shape index (κ3) is 6.30. The zero-order valence-electron chi connectivity index (χ0n) is 22.8. The predicted octanol–water partition coefficient (Wildman–Crippen LogP) is 7.29. The van der Waals surface area contributed by atoms with E-state index in [-0.39, 0.29) is 28.4 Å². The van der Waals surface area contributed by atoms with E-state index in [1.807, 2.05) is 0 Å². The van der Waals surface area contributed by atoms with Gasteiger partial charge < -0.3 is 15.4 Å². The van der Waals surface area contributed by atoms with Gasteiger partial charge in [-0.3, -0.25) is 19.6 Å². The molecule has 4 aromatic rings. The lowest BCUT2D eigenvalue weighted by atomic mass is 10.0. The van der Waals surface area contributed by atoms with Crippen LogP contribution in [0.1, 0.15) is 29.7 Å². The summed E-state index contributed by atoms with van der Waals surface area (Å²) in [6.45, 7) is 5.17. The van der Waals surface area contributed by atoms with E-state index in [9.17, 15) is 22.8 Å². The van der Waals surface area contributed by atoms with Gasteiger partial charge in [-0.15, -0.1) is 0 Å². The van der Waals surface area contributed by atoms with Gasteiger partial charge in [0.1, 0.15) is 17.0 Å². The molecule has 0 saturated heterocycles. The second kappa shape index (κ2) is 11.9. The summed E-state index contributed by atoms with van der Waals surface area (Å²) in [5.41, 5.74) is 0.567. The molecule has 0 aliphatic heterocycles. The van der Waals surface area contributed by atoms with Crippen LogP contribution in [0.2, 0.25) is 0 Å². The fraction of sp³-hybridized carbons (Fsp3) is 0.125. The molecule has 1 aliphatic rings. The van der Waals surface area contributed by atoms with Gasteiger partial charge in [-0.25, -0.2) is 17.6 Å². The van der Waals surface area contributed by atoms with E-state index < -0.39 is 40.5 Å². The number of carbonyl (C=O) groups is 2. The Bertz CT molecular complexity index is 1770. The Morgan fingerprint density at radius 2 is 1.53 bits per heavy atom. The fourth-order valence-corrected chi connectivity index (χ4v) is 4.29. The first-order chi connectivity index (χ1) is 20.6. The number of benzene rings is 3. The molecule has 0 unspecified atom stereocenters. The maximum atomic E-state index is 15.1. The van der Waals surface area contributed by atoms with Gasteiger partial charge in [0, 0.05) is 34.8 Å². The summed E-state index contributed by atoms with van der Waals surface area (Å²) in [7, 11) is 0. The van der Waals surface area contributed by atoms with Crippen LogP contribution < -0.4 is 15.4 Å². The average Bonchev–Trinajstić information content (AvgIpc) is 3.80. The maximum Gasteiger partial charge on any atom is 0.240 e. The Labute approximate surface area is 244 Å². The van der Waals surface area contributed by atoms with Gasteiger partial charge in [-0.2, -0.15) is 0 Å². The first-order valence-corrected chi connectivity index (χ1v) is 13.0. The van der Waals surface area contributed by atoms with Gasteiger partial charge >= 0.3 is 0 Å². The first-order valence-electron chi connectivity index (χ1n) is 13.0.